The molecule has 0 amide bonds. The number of nitrogens with zero attached hydrogens (tertiary/aromatic N) is 4. The molecule has 8 nitrogen and oxygen atoms in total. The number of aliphatic hydroxyl groups excluding tert-OH is 1. The van der Waals surface area contributed by atoms with Gasteiger partial charge in [-0.25, -0.2) is 4.98 Å². The maximum atomic E-state index is 7.00. The normalized spacial score (nSPS) is 11.4. The first-order valence-electron chi connectivity index (χ1n) is 11.5. The summed E-state index contributed by atoms with van der Waals surface area (Å²) >= 11 is 6.27. The number of halogens is 1. The number of benzene rings is 1. The van der Waals surface area contributed by atoms with Crippen LogP contribution >= 0.6 is 11.6 Å². The van der Waals surface area contributed by atoms with Crippen molar-refractivity contribution in [2.45, 2.75) is 67.0 Å². The Kier molecular flexibility index (Phi) is 11.9. The van der Waals surface area contributed by atoms with Gasteiger partial charge in [-0.1, -0.05) is 46.2 Å². The van der Waals surface area contributed by atoms with Gasteiger partial charge in [0.05, 0.1) is 6.33 Å². The zero-order valence-corrected chi connectivity index (χ0v) is 22.1. The Bertz CT molecular complexity index is 988. The van der Waals surface area contributed by atoms with Crippen LogP contribution in [0.15, 0.2) is 24.5 Å². The highest BCUT2D eigenvalue weighted by atomic mass is 35.5. The number of imidazole rings is 1. The second kappa shape index (κ2) is 13.9. The first-order chi connectivity index (χ1) is 15.8. The van der Waals surface area contributed by atoms with E-state index in [2.05, 4.69) is 60.1 Å². The summed E-state index contributed by atoms with van der Waals surface area (Å²) < 4.78 is 2.06. The molecule has 0 bridgehead atoms. The van der Waals surface area contributed by atoms with Crippen LogP contribution in [-0.4, -0.2) is 44.8 Å². The number of nitrogens with one attached hydrogen (secondary N) is 3. The average molecular weight is 478 g/mol. The second-order valence-electron chi connectivity index (χ2n) is 7.82. The van der Waals surface area contributed by atoms with E-state index in [0.29, 0.717) is 22.7 Å². The highest BCUT2D eigenvalue weighted by Crippen LogP contribution is 2.29. The van der Waals surface area contributed by atoms with Gasteiger partial charge in [0, 0.05) is 42.6 Å². The third-order valence-electron chi connectivity index (χ3n) is 4.99. The maximum Gasteiger partial charge on any atom is 0.227 e. The zero-order chi connectivity index (χ0) is 25.1. The molecule has 0 fully saturated rings. The Morgan fingerprint density at radius 2 is 1.67 bits per heavy atom. The molecule has 0 spiro atoms. The molecule has 0 aliphatic heterocycles. The Labute approximate surface area is 203 Å². The minimum Gasteiger partial charge on any atom is -0.400 e. The SMILES string of the molecule is CC.CCC(Nc1nc(Nc2cc(Cl)cc(NC)c2)c2ncn(C(C)C)c2n1)C(C)C.CO. The first-order valence-corrected chi connectivity index (χ1v) is 11.9. The van der Waals surface area contributed by atoms with E-state index in [9.17, 15) is 0 Å². The van der Waals surface area contributed by atoms with Gasteiger partial charge in [0.2, 0.25) is 5.95 Å². The van der Waals surface area contributed by atoms with Crippen molar-refractivity contribution >= 4 is 45.9 Å². The highest BCUT2D eigenvalue weighted by molar-refractivity contribution is 6.31. The molecule has 0 aliphatic rings. The Hall–Kier alpha value is -2.58. The summed E-state index contributed by atoms with van der Waals surface area (Å²) in [6.07, 6.45) is 2.81. The van der Waals surface area contributed by atoms with Gasteiger partial charge in [0.1, 0.15) is 0 Å². The van der Waals surface area contributed by atoms with Crippen molar-refractivity contribution in [1.29, 1.82) is 0 Å². The Morgan fingerprint density at radius 1 is 1.03 bits per heavy atom. The van der Waals surface area contributed by atoms with Crippen LogP contribution in [0.1, 0.15) is 60.9 Å². The van der Waals surface area contributed by atoms with Crippen LogP contribution in [-0.2, 0) is 0 Å². The van der Waals surface area contributed by atoms with Crippen molar-refractivity contribution in [3.63, 3.8) is 0 Å². The largest absolute Gasteiger partial charge is 0.400 e. The third kappa shape index (κ3) is 7.47. The molecule has 1 unspecified atom stereocenters. The van der Waals surface area contributed by atoms with Crippen molar-refractivity contribution in [1.82, 2.24) is 19.5 Å². The monoisotopic (exact) mass is 477 g/mol. The van der Waals surface area contributed by atoms with Crippen LogP contribution in [0, 0.1) is 5.92 Å². The molecule has 0 saturated carbocycles. The lowest BCUT2D eigenvalue weighted by Crippen LogP contribution is -2.26. The van der Waals surface area contributed by atoms with Crippen LogP contribution in [0.4, 0.5) is 23.1 Å². The lowest BCUT2D eigenvalue weighted by atomic mass is 10.0. The number of aliphatic hydroxyl groups is 1. The van der Waals surface area contributed by atoms with E-state index in [1.54, 1.807) is 0 Å². The standard InChI is InChI=1S/C21H30ClN7.C2H6.CH4O/c1-7-17(12(2)3)26-21-27-19(18-20(28-21)29(11-24-18)13(4)5)25-16-9-14(22)8-15(10-16)23-6;2*1-2/h8-13,17,23H,7H2,1-6H3,(H2,25,26,27,28);1-2H3;2H,1H3. The fraction of sp³-hybridized carbons (Fsp3) is 0.542. The molecule has 4 N–H and O–H groups in total. The minimum atomic E-state index is 0.240. The van der Waals surface area contributed by atoms with Crippen molar-refractivity contribution in [2.75, 3.05) is 30.1 Å². The maximum absolute atomic E-state index is 7.00. The summed E-state index contributed by atoms with van der Waals surface area (Å²) in [6, 6.07) is 6.25. The average Bonchev–Trinajstić information content (AvgIpc) is 3.24. The molecule has 9 heteroatoms. The fourth-order valence-electron chi connectivity index (χ4n) is 3.29. The van der Waals surface area contributed by atoms with Gasteiger partial charge in [0.15, 0.2) is 17.0 Å². The van der Waals surface area contributed by atoms with Gasteiger partial charge in [-0.3, -0.25) is 0 Å². The minimum absolute atomic E-state index is 0.240. The number of anilines is 4. The van der Waals surface area contributed by atoms with E-state index in [4.69, 9.17) is 26.7 Å². The predicted molar refractivity (Wildman–Crippen MR) is 142 cm³/mol. The van der Waals surface area contributed by atoms with Crippen LogP contribution in [0.2, 0.25) is 5.02 Å². The summed E-state index contributed by atoms with van der Waals surface area (Å²) in [7, 11) is 2.86. The first kappa shape index (κ1) is 28.5. The molecule has 0 radical (unpaired) electrons. The molecule has 1 aromatic carbocycles. The second-order valence-corrected chi connectivity index (χ2v) is 8.26. The molecular formula is C24H40ClN7O. The van der Waals surface area contributed by atoms with Gasteiger partial charge in [-0.05, 0) is 44.4 Å². The molecule has 0 saturated heterocycles. The number of hydrogen-bond acceptors (Lipinski definition) is 7. The van der Waals surface area contributed by atoms with E-state index in [0.717, 1.165) is 36.1 Å². The van der Waals surface area contributed by atoms with Gasteiger partial charge >= 0.3 is 0 Å². The van der Waals surface area contributed by atoms with Crippen molar-refractivity contribution in [3.05, 3.63) is 29.5 Å². The Balaban J connectivity index is 0.00000129. The third-order valence-corrected chi connectivity index (χ3v) is 5.20. The van der Waals surface area contributed by atoms with Gasteiger partial charge in [-0.15, -0.1) is 0 Å². The summed E-state index contributed by atoms with van der Waals surface area (Å²) in [4.78, 5) is 14.1. The van der Waals surface area contributed by atoms with Gasteiger partial charge in [0.25, 0.3) is 0 Å². The molecule has 3 aromatic rings. The van der Waals surface area contributed by atoms with Crippen molar-refractivity contribution in [3.8, 4) is 0 Å². The predicted octanol–water partition coefficient (Wildman–Crippen LogP) is 6.33. The molecule has 3 rings (SSSR count). The molecular weight excluding hydrogens is 438 g/mol. The van der Waals surface area contributed by atoms with E-state index in [1.165, 1.54) is 0 Å². The fourth-order valence-corrected chi connectivity index (χ4v) is 3.53. The van der Waals surface area contributed by atoms with Crippen LogP contribution < -0.4 is 16.0 Å². The summed E-state index contributed by atoms with van der Waals surface area (Å²) in [5, 5.41) is 17.6. The quantitative estimate of drug-likeness (QED) is 0.301. The Morgan fingerprint density at radius 3 is 2.21 bits per heavy atom. The number of rotatable bonds is 8. The van der Waals surface area contributed by atoms with Crippen molar-refractivity contribution in [2.24, 2.45) is 5.92 Å². The lowest BCUT2D eigenvalue weighted by molar-refractivity contribution is 0.399. The molecule has 33 heavy (non-hydrogen) atoms. The van der Waals surface area contributed by atoms with Crippen LogP contribution in [0.25, 0.3) is 11.2 Å². The number of hydrogen-bond donors (Lipinski definition) is 4. The molecule has 0 aliphatic carbocycles. The molecule has 1 atom stereocenters. The molecule has 2 aromatic heterocycles. The van der Waals surface area contributed by atoms with Crippen LogP contribution in [0.5, 0.6) is 0 Å². The summed E-state index contributed by atoms with van der Waals surface area (Å²) in [5.74, 6) is 1.72. The van der Waals surface area contributed by atoms with E-state index < -0.39 is 0 Å². The molecule has 184 valence electrons. The smallest absolute Gasteiger partial charge is 0.227 e. The molecule has 2 heterocycles. The zero-order valence-electron chi connectivity index (χ0n) is 21.4. The van der Waals surface area contributed by atoms with Gasteiger partial charge in [-0.2, -0.15) is 9.97 Å². The highest BCUT2D eigenvalue weighted by Gasteiger charge is 2.18. The topological polar surface area (TPSA) is 99.9 Å². The summed E-state index contributed by atoms with van der Waals surface area (Å²) in [5.41, 5.74) is 3.28. The summed E-state index contributed by atoms with van der Waals surface area (Å²) in [6.45, 7) is 14.8. The van der Waals surface area contributed by atoms with Crippen LogP contribution in [0.3, 0.4) is 0 Å². The number of fused-ring (bicyclic) bond motifs is 1. The van der Waals surface area contributed by atoms with E-state index in [-0.39, 0.29) is 12.1 Å². The number of aromatic nitrogens is 4. The van der Waals surface area contributed by atoms with Crippen molar-refractivity contribution < 1.29 is 5.11 Å². The van der Waals surface area contributed by atoms with E-state index in [1.807, 2.05) is 45.4 Å². The van der Waals surface area contributed by atoms with Gasteiger partial charge < -0.3 is 25.6 Å². The van der Waals surface area contributed by atoms with E-state index >= 15 is 0 Å². The lowest BCUT2D eigenvalue weighted by Gasteiger charge is -2.21.